The van der Waals surface area contributed by atoms with E-state index >= 15 is 0 Å². The molecule has 1 rings (SSSR count). The van der Waals surface area contributed by atoms with Gasteiger partial charge in [-0.2, -0.15) is 0 Å². The highest BCUT2D eigenvalue weighted by molar-refractivity contribution is 7.89. The molecule has 0 amide bonds. The summed E-state index contributed by atoms with van der Waals surface area (Å²) in [6.45, 7) is 6.02. The van der Waals surface area contributed by atoms with Crippen molar-refractivity contribution >= 4 is 27.3 Å². The third kappa shape index (κ3) is 5.43. The van der Waals surface area contributed by atoms with Crippen molar-refractivity contribution in [2.75, 3.05) is 19.8 Å². The number of nitro groups is 1. The molecule has 116 valence electrons. The van der Waals surface area contributed by atoms with Crippen LogP contribution in [0.25, 0.3) is 0 Å². The molecule has 0 heterocycles. The van der Waals surface area contributed by atoms with Crippen LogP contribution in [-0.2, 0) is 14.8 Å². The molecule has 0 bridgehead atoms. The fraction of sp³-hybridized carbons (Fsp3) is 0.333. The Bertz CT molecular complexity index is 645. The van der Waals surface area contributed by atoms with Gasteiger partial charge in [0.05, 0.1) is 23.2 Å². The van der Waals surface area contributed by atoms with Gasteiger partial charge >= 0.3 is 0 Å². The van der Waals surface area contributed by atoms with E-state index in [0.29, 0.717) is 6.61 Å². The summed E-state index contributed by atoms with van der Waals surface area (Å²) in [6, 6.07) is 3.17. The second-order valence-electron chi connectivity index (χ2n) is 4.28. The highest BCUT2D eigenvalue weighted by Gasteiger charge is 2.20. The van der Waals surface area contributed by atoms with Gasteiger partial charge in [-0.3, -0.25) is 10.1 Å². The summed E-state index contributed by atoms with van der Waals surface area (Å²) in [7, 11) is -3.84. The number of nitrogens with one attached hydrogen (secondary N) is 1. The van der Waals surface area contributed by atoms with Crippen molar-refractivity contribution in [3.05, 3.63) is 45.5 Å². The number of halogens is 1. The average molecular weight is 335 g/mol. The molecule has 0 saturated carbocycles. The molecule has 0 saturated heterocycles. The van der Waals surface area contributed by atoms with Crippen LogP contribution in [0.5, 0.6) is 0 Å². The quantitative estimate of drug-likeness (QED) is 0.340. The molecule has 1 N–H and O–H groups in total. The number of hydrogen-bond donors (Lipinski definition) is 1. The zero-order valence-corrected chi connectivity index (χ0v) is 12.9. The van der Waals surface area contributed by atoms with E-state index in [1.165, 1.54) is 0 Å². The Kier molecular flexibility index (Phi) is 6.28. The van der Waals surface area contributed by atoms with E-state index < -0.39 is 14.9 Å². The Balaban J connectivity index is 2.70. The van der Waals surface area contributed by atoms with E-state index in [1.807, 2.05) is 0 Å². The van der Waals surface area contributed by atoms with Crippen LogP contribution in [0.4, 0.5) is 5.69 Å². The van der Waals surface area contributed by atoms with Crippen LogP contribution in [-0.4, -0.2) is 33.1 Å². The summed E-state index contributed by atoms with van der Waals surface area (Å²) >= 11 is 5.77. The van der Waals surface area contributed by atoms with Gasteiger partial charge in [0, 0.05) is 18.7 Å². The Morgan fingerprint density at radius 1 is 1.52 bits per heavy atom. The van der Waals surface area contributed by atoms with Crippen molar-refractivity contribution in [3.8, 4) is 0 Å². The summed E-state index contributed by atoms with van der Waals surface area (Å²) in [5, 5.41) is 10.4. The Hall–Kier alpha value is -1.48. The fourth-order valence-corrected chi connectivity index (χ4v) is 2.94. The lowest BCUT2D eigenvalue weighted by molar-refractivity contribution is -0.384. The van der Waals surface area contributed by atoms with Gasteiger partial charge in [-0.15, -0.1) is 0 Å². The zero-order valence-electron chi connectivity index (χ0n) is 11.3. The van der Waals surface area contributed by atoms with Crippen molar-refractivity contribution in [1.82, 2.24) is 4.72 Å². The van der Waals surface area contributed by atoms with E-state index in [9.17, 15) is 18.5 Å². The highest BCUT2D eigenvalue weighted by atomic mass is 35.5. The van der Waals surface area contributed by atoms with Gasteiger partial charge in [-0.05, 0) is 13.0 Å². The lowest BCUT2D eigenvalue weighted by Gasteiger charge is -2.08. The van der Waals surface area contributed by atoms with E-state index in [4.69, 9.17) is 16.3 Å². The van der Waals surface area contributed by atoms with Crippen molar-refractivity contribution in [2.45, 2.75) is 11.8 Å². The van der Waals surface area contributed by atoms with Crippen LogP contribution >= 0.6 is 11.6 Å². The fourth-order valence-electron chi connectivity index (χ4n) is 1.39. The standard InChI is InChI=1S/C12H15ClN2O5S/c1-9(2)8-20-6-5-14-21(18,19)12-4-3-10(15(16)17)7-11(12)13/h3-4,7,14H,1,5-6,8H2,2H3. The van der Waals surface area contributed by atoms with E-state index in [0.717, 1.165) is 23.8 Å². The van der Waals surface area contributed by atoms with E-state index in [1.54, 1.807) is 6.92 Å². The first-order valence-corrected chi connectivity index (χ1v) is 7.76. The molecule has 0 aromatic heterocycles. The molecule has 7 nitrogen and oxygen atoms in total. The van der Waals surface area contributed by atoms with Crippen molar-refractivity contribution < 1.29 is 18.1 Å². The van der Waals surface area contributed by atoms with Gasteiger partial charge in [0.1, 0.15) is 4.90 Å². The predicted molar refractivity (Wildman–Crippen MR) is 78.9 cm³/mol. The van der Waals surface area contributed by atoms with Crippen LogP contribution in [0, 0.1) is 10.1 Å². The first kappa shape index (κ1) is 17.6. The van der Waals surface area contributed by atoms with E-state index in [-0.39, 0.29) is 28.8 Å². The molecule has 9 heteroatoms. The summed E-state index contributed by atoms with van der Waals surface area (Å²) in [5.74, 6) is 0. The van der Waals surface area contributed by atoms with Crippen LogP contribution in [0.3, 0.4) is 0 Å². The third-order valence-electron chi connectivity index (χ3n) is 2.30. The second kappa shape index (κ2) is 7.51. The number of ether oxygens (including phenoxy) is 1. The van der Waals surface area contributed by atoms with Crippen LogP contribution in [0.2, 0.25) is 5.02 Å². The van der Waals surface area contributed by atoms with Gasteiger partial charge in [-0.25, -0.2) is 13.1 Å². The summed E-state index contributed by atoms with van der Waals surface area (Å²) < 4.78 is 31.4. The van der Waals surface area contributed by atoms with Crippen LogP contribution in [0.15, 0.2) is 35.2 Å². The molecule has 0 radical (unpaired) electrons. The smallest absolute Gasteiger partial charge is 0.271 e. The molecule has 1 aromatic rings. The van der Waals surface area contributed by atoms with Crippen molar-refractivity contribution in [2.24, 2.45) is 0 Å². The molecule has 0 unspecified atom stereocenters. The number of non-ortho nitro benzene ring substituents is 1. The summed E-state index contributed by atoms with van der Waals surface area (Å²) in [5.41, 5.74) is 0.556. The Labute approximate surface area is 127 Å². The molecular formula is C12H15ClN2O5S. The normalized spacial score (nSPS) is 11.3. The minimum absolute atomic E-state index is 0.0585. The minimum Gasteiger partial charge on any atom is -0.376 e. The molecule has 0 spiro atoms. The average Bonchev–Trinajstić information content (AvgIpc) is 2.37. The maximum atomic E-state index is 12.0. The van der Waals surface area contributed by atoms with Gasteiger partial charge in [0.25, 0.3) is 5.69 Å². The number of sulfonamides is 1. The largest absolute Gasteiger partial charge is 0.376 e. The lowest BCUT2D eigenvalue weighted by Crippen LogP contribution is -2.27. The lowest BCUT2D eigenvalue weighted by atomic mass is 10.3. The second-order valence-corrected chi connectivity index (χ2v) is 6.42. The molecule has 0 aliphatic heterocycles. The molecule has 0 atom stereocenters. The van der Waals surface area contributed by atoms with Crippen LogP contribution < -0.4 is 4.72 Å². The maximum Gasteiger partial charge on any atom is 0.271 e. The molecule has 21 heavy (non-hydrogen) atoms. The number of hydrogen-bond acceptors (Lipinski definition) is 5. The van der Waals surface area contributed by atoms with Gasteiger partial charge in [0.2, 0.25) is 10.0 Å². The predicted octanol–water partition coefficient (Wildman–Crippen LogP) is 2.12. The number of nitro benzene ring substituents is 1. The Morgan fingerprint density at radius 3 is 2.71 bits per heavy atom. The van der Waals surface area contributed by atoms with Gasteiger partial charge in [0.15, 0.2) is 0 Å². The molecular weight excluding hydrogens is 320 g/mol. The molecule has 0 fully saturated rings. The maximum absolute atomic E-state index is 12.0. The first-order chi connectivity index (χ1) is 9.74. The zero-order chi connectivity index (χ0) is 16.0. The molecule has 0 aliphatic carbocycles. The third-order valence-corrected chi connectivity index (χ3v) is 4.25. The number of nitrogens with zero attached hydrogens (tertiary/aromatic N) is 1. The highest BCUT2D eigenvalue weighted by Crippen LogP contribution is 2.25. The SMILES string of the molecule is C=C(C)COCCNS(=O)(=O)c1ccc([N+](=O)[O-])cc1Cl. The van der Waals surface area contributed by atoms with Gasteiger partial charge in [-0.1, -0.05) is 23.8 Å². The van der Waals surface area contributed by atoms with Gasteiger partial charge < -0.3 is 4.74 Å². The Morgan fingerprint density at radius 2 is 2.19 bits per heavy atom. The molecule has 0 aliphatic rings. The first-order valence-electron chi connectivity index (χ1n) is 5.90. The topological polar surface area (TPSA) is 98.5 Å². The molecule has 1 aromatic carbocycles. The van der Waals surface area contributed by atoms with Crippen molar-refractivity contribution in [3.63, 3.8) is 0 Å². The van der Waals surface area contributed by atoms with Crippen molar-refractivity contribution in [1.29, 1.82) is 0 Å². The monoisotopic (exact) mass is 334 g/mol. The van der Waals surface area contributed by atoms with E-state index in [2.05, 4.69) is 11.3 Å². The summed E-state index contributed by atoms with van der Waals surface area (Å²) in [6.07, 6.45) is 0. The summed E-state index contributed by atoms with van der Waals surface area (Å²) in [4.78, 5) is 9.71. The number of benzene rings is 1. The number of rotatable bonds is 8. The minimum atomic E-state index is -3.84. The van der Waals surface area contributed by atoms with Crippen LogP contribution in [0.1, 0.15) is 6.92 Å².